The number of aliphatic hydroxyl groups is 1. The molecule has 0 bridgehead atoms. The molecule has 1 fully saturated rings. The highest BCUT2D eigenvalue weighted by molar-refractivity contribution is 9.10. The number of halogens is 2. The summed E-state index contributed by atoms with van der Waals surface area (Å²) in [6, 6.07) is 14.0. The van der Waals surface area contributed by atoms with Crippen LogP contribution in [0.4, 0.5) is 0 Å². The van der Waals surface area contributed by atoms with Crippen LogP contribution < -0.4 is 5.56 Å². The molecule has 1 N–H and O–H groups in total. The first-order chi connectivity index (χ1) is 19.1. The first kappa shape index (κ1) is 28.2. The van der Waals surface area contributed by atoms with Gasteiger partial charge in [0.05, 0.1) is 17.9 Å². The number of aromatic nitrogens is 5. The van der Waals surface area contributed by atoms with Crippen LogP contribution in [0, 0.1) is 13.8 Å². The molecule has 2 atom stereocenters. The molecule has 1 unspecified atom stereocenters. The number of amides is 1. The van der Waals surface area contributed by atoms with Gasteiger partial charge < -0.3 is 10.0 Å². The highest BCUT2D eigenvalue weighted by atomic mass is 79.9. The average Bonchev–Trinajstić information content (AvgIpc) is 3.36. The van der Waals surface area contributed by atoms with Crippen molar-refractivity contribution < 1.29 is 9.90 Å². The normalized spacial score (nSPS) is 18.4. The zero-order valence-electron chi connectivity index (χ0n) is 22.5. The maximum absolute atomic E-state index is 13.4. The minimum Gasteiger partial charge on any atom is -0.383 e. The topological polar surface area (TPSA) is 106 Å². The molecule has 11 heteroatoms. The van der Waals surface area contributed by atoms with Crippen molar-refractivity contribution in [3.05, 3.63) is 103 Å². The summed E-state index contributed by atoms with van der Waals surface area (Å²) in [5, 5.41) is 25.1. The lowest BCUT2D eigenvalue weighted by molar-refractivity contribution is 0.0169. The third-order valence-corrected chi connectivity index (χ3v) is 8.87. The van der Waals surface area contributed by atoms with Gasteiger partial charge in [0.15, 0.2) is 0 Å². The maximum atomic E-state index is 13.4. The van der Waals surface area contributed by atoms with Gasteiger partial charge in [-0.1, -0.05) is 50.9 Å². The molecule has 3 heterocycles. The maximum Gasteiger partial charge on any atom is 0.274 e. The Morgan fingerprint density at radius 3 is 2.62 bits per heavy atom. The molecule has 9 nitrogen and oxygen atoms in total. The summed E-state index contributed by atoms with van der Waals surface area (Å²) >= 11 is 9.78. The molecule has 0 spiro atoms. The van der Waals surface area contributed by atoms with Gasteiger partial charge in [0.2, 0.25) is 0 Å². The number of nitrogens with zero attached hydrogens (tertiary/aromatic N) is 6. The first-order valence-electron chi connectivity index (χ1n) is 13.1. The molecule has 2 aromatic carbocycles. The third kappa shape index (κ3) is 5.61. The van der Waals surface area contributed by atoms with Gasteiger partial charge in [-0.2, -0.15) is 9.78 Å². The number of carbonyl (C=O) groups is 1. The number of likely N-dealkylation sites (tertiary alicyclic amines) is 1. The Kier molecular flexibility index (Phi) is 7.94. The van der Waals surface area contributed by atoms with Gasteiger partial charge in [-0.3, -0.25) is 9.59 Å². The van der Waals surface area contributed by atoms with E-state index < -0.39 is 5.60 Å². The van der Waals surface area contributed by atoms with Crippen molar-refractivity contribution >= 4 is 33.4 Å². The summed E-state index contributed by atoms with van der Waals surface area (Å²) in [7, 11) is 0. The lowest BCUT2D eigenvalue weighted by Gasteiger charge is -2.24. The van der Waals surface area contributed by atoms with E-state index in [-0.39, 0.29) is 23.2 Å². The molecule has 2 aromatic heterocycles. The van der Waals surface area contributed by atoms with Crippen LogP contribution in [0.5, 0.6) is 0 Å². The summed E-state index contributed by atoms with van der Waals surface area (Å²) in [6.07, 6.45) is 3.11. The summed E-state index contributed by atoms with van der Waals surface area (Å²) in [5.74, 6) is -0.306. The Morgan fingerprint density at radius 1 is 1.07 bits per heavy atom. The number of hydrogen-bond acceptors (Lipinski definition) is 6. The third-order valence-electron chi connectivity index (χ3n) is 7.57. The zero-order valence-corrected chi connectivity index (χ0v) is 24.9. The van der Waals surface area contributed by atoms with Crippen LogP contribution in [0.15, 0.2) is 64.0 Å². The van der Waals surface area contributed by atoms with Gasteiger partial charge in [0.1, 0.15) is 17.0 Å². The largest absolute Gasteiger partial charge is 0.383 e. The highest BCUT2D eigenvalue weighted by Crippen LogP contribution is 2.33. The summed E-state index contributed by atoms with van der Waals surface area (Å²) < 4.78 is 3.98. The minimum atomic E-state index is -1.21. The molecule has 1 aliphatic rings. The highest BCUT2D eigenvalue weighted by Gasteiger charge is 2.36. The standard InChI is InChI=1S/C29H30BrClN6O3/c1-18-5-7-22(16-24(18)31)37-27(38)10-9-25(33-37)28(39)35-13-4-11-29(40,12-14-35)26-17-36(34-32-26)20(3)21-6-8-23(30)19(2)15-21/h5-10,15-17,20,40H,4,11-14H2,1-3H3/t20-,29?/m0/s1. The Morgan fingerprint density at radius 2 is 1.88 bits per heavy atom. The number of hydrogen-bond donors (Lipinski definition) is 1. The van der Waals surface area contributed by atoms with Crippen LogP contribution in [0.2, 0.25) is 5.02 Å². The van der Waals surface area contributed by atoms with E-state index in [9.17, 15) is 14.7 Å². The van der Waals surface area contributed by atoms with E-state index in [1.165, 1.54) is 16.8 Å². The quantitative estimate of drug-likeness (QED) is 0.335. The molecule has 208 valence electrons. The molecule has 1 aliphatic heterocycles. The predicted octanol–water partition coefficient (Wildman–Crippen LogP) is 4.98. The van der Waals surface area contributed by atoms with E-state index in [1.807, 2.05) is 32.9 Å². The minimum absolute atomic E-state index is 0.0642. The number of rotatable bonds is 5. The lowest BCUT2D eigenvalue weighted by Crippen LogP contribution is -2.35. The van der Waals surface area contributed by atoms with Gasteiger partial charge in [0, 0.05) is 28.7 Å². The van der Waals surface area contributed by atoms with Crippen LogP contribution in [0.1, 0.15) is 65.1 Å². The van der Waals surface area contributed by atoms with Crippen LogP contribution in [-0.2, 0) is 5.60 Å². The van der Waals surface area contributed by atoms with E-state index in [2.05, 4.69) is 37.4 Å². The fourth-order valence-electron chi connectivity index (χ4n) is 4.92. The van der Waals surface area contributed by atoms with E-state index in [1.54, 1.807) is 34.0 Å². The van der Waals surface area contributed by atoms with Crippen molar-refractivity contribution in [3.8, 4) is 5.69 Å². The van der Waals surface area contributed by atoms with Crippen molar-refractivity contribution in [2.75, 3.05) is 13.1 Å². The second-order valence-corrected chi connectivity index (χ2v) is 11.6. The predicted molar refractivity (Wildman–Crippen MR) is 156 cm³/mol. The molecule has 4 aromatic rings. The van der Waals surface area contributed by atoms with Crippen LogP contribution in [0.3, 0.4) is 0 Å². The van der Waals surface area contributed by atoms with Crippen LogP contribution in [0.25, 0.3) is 5.69 Å². The molecule has 0 aliphatic carbocycles. The number of benzene rings is 2. The van der Waals surface area contributed by atoms with E-state index in [4.69, 9.17) is 11.6 Å². The molecular weight excluding hydrogens is 596 g/mol. The number of carbonyl (C=O) groups excluding carboxylic acids is 1. The van der Waals surface area contributed by atoms with Gasteiger partial charge >= 0.3 is 0 Å². The molecular formula is C29H30BrClN6O3. The Bertz CT molecular complexity index is 1640. The van der Waals surface area contributed by atoms with E-state index in [0.29, 0.717) is 48.8 Å². The van der Waals surface area contributed by atoms with Crippen molar-refractivity contribution in [1.82, 2.24) is 29.7 Å². The SMILES string of the molecule is Cc1ccc(-n2nc(C(=O)N3CCCC(O)(c4cn([C@@H](C)c5ccc(Br)c(C)c5)nn4)CC3)ccc2=O)cc1Cl. The fraction of sp³-hybridized carbons (Fsp3) is 0.345. The zero-order chi connectivity index (χ0) is 28.6. The summed E-state index contributed by atoms with van der Waals surface area (Å²) in [6.45, 7) is 6.70. The van der Waals surface area contributed by atoms with E-state index in [0.717, 1.165) is 21.2 Å². The van der Waals surface area contributed by atoms with Crippen LogP contribution in [-0.4, -0.2) is 53.8 Å². The summed E-state index contributed by atoms with van der Waals surface area (Å²) in [5.41, 5.74) is 2.63. The lowest BCUT2D eigenvalue weighted by atomic mass is 9.92. The molecule has 1 amide bonds. The molecule has 1 saturated heterocycles. The van der Waals surface area contributed by atoms with Crippen molar-refractivity contribution in [1.29, 1.82) is 0 Å². The van der Waals surface area contributed by atoms with Gasteiger partial charge in [-0.25, -0.2) is 4.68 Å². The molecule has 5 rings (SSSR count). The summed E-state index contributed by atoms with van der Waals surface area (Å²) in [4.78, 5) is 27.6. The molecule has 0 radical (unpaired) electrons. The van der Waals surface area contributed by atoms with Crippen LogP contribution >= 0.6 is 27.5 Å². The fourth-order valence-corrected chi connectivity index (χ4v) is 5.35. The Labute approximate surface area is 245 Å². The second-order valence-electron chi connectivity index (χ2n) is 10.3. The Hall–Kier alpha value is -3.34. The van der Waals surface area contributed by atoms with Crippen molar-refractivity contribution in [2.45, 2.75) is 51.7 Å². The number of aryl methyl sites for hydroxylation is 2. The second kappa shape index (κ2) is 11.3. The van der Waals surface area contributed by atoms with Crippen molar-refractivity contribution in [2.24, 2.45) is 0 Å². The van der Waals surface area contributed by atoms with Gasteiger partial charge in [-0.05, 0) is 81.0 Å². The Balaban J connectivity index is 1.32. The van der Waals surface area contributed by atoms with Gasteiger partial charge in [0.25, 0.3) is 11.5 Å². The van der Waals surface area contributed by atoms with Crippen molar-refractivity contribution in [3.63, 3.8) is 0 Å². The molecule has 40 heavy (non-hydrogen) atoms. The van der Waals surface area contributed by atoms with Gasteiger partial charge in [-0.15, -0.1) is 5.10 Å². The average molecular weight is 626 g/mol. The first-order valence-corrected chi connectivity index (χ1v) is 14.3. The molecule has 0 saturated carbocycles. The van der Waals surface area contributed by atoms with E-state index >= 15 is 0 Å². The monoisotopic (exact) mass is 624 g/mol. The smallest absolute Gasteiger partial charge is 0.274 e.